The summed E-state index contributed by atoms with van der Waals surface area (Å²) >= 11 is 6.35. The zero-order chi connectivity index (χ0) is 14.5. The predicted octanol–water partition coefficient (Wildman–Crippen LogP) is 4.25. The number of halogens is 1. The maximum atomic E-state index is 6.35. The number of rotatable bonds is 5. The molecule has 2 nitrogen and oxygen atoms in total. The van der Waals surface area contributed by atoms with E-state index in [0.29, 0.717) is 12.6 Å². The summed E-state index contributed by atoms with van der Waals surface area (Å²) in [4.78, 5) is 2.41. The van der Waals surface area contributed by atoms with E-state index in [0.717, 1.165) is 22.9 Å². The third-order valence-electron chi connectivity index (χ3n) is 4.80. The molecule has 1 fully saturated rings. The molecule has 0 saturated heterocycles. The van der Waals surface area contributed by atoms with Crippen molar-refractivity contribution in [1.29, 1.82) is 0 Å². The number of anilines is 1. The molecule has 1 aliphatic rings. The Labute approximate surface area is 128 Å². The molecular formula is C17H27ClN2. The molecule has 1 aromatic rings. The summed E-state index contributed by atoms with van der Waals surface area (Å²) in [5.74, 6) is 0.940. The normalized spacial score (nSPS) is 22.8. The Morgan fingerprint density at radius 1 is 1.25 bits per heavy atom. The van der Waals surface area contributed by atoms with Crippen LogP contribution in [0.4, 0.5) is 5.69 Å². The smallest absolute Gasteiger partial charge is 0.0459 e. The summed E-state index contributed by atoms with van der Waals surface area (Å²) in [5, 5.41) is 0.849. The molecule has 0 radical (unpaired) electrons. The van der Waals surface area contributed by atoms with Gasteiger partial charge >= 0.3 is 0 Å². The lowest BCUT2D eigenvalue weighted by Crippen LogP contribution is -2.35. The van der Waals surface area contributed by atoms with Gasteiger partial charge in [0.15, 0.2) is 0 Å². The van der Waals surface area contributed by atoms with E-state index in [2.05, 4.69) is 37.1 Å². The molecule has 0 aliphatic heterocycles. The quantitative estimate of drug-likeness (QED) is 0.880. The Kier molecular flexibility index (Phi) is 5.74. The Balaban J connectivity index is 2.02. The van der Waals surface area contributed by atoms with Crippen LogP contribution in [0.15, 0.2) is 18.2 Å². The fourth-order valence-corrected chi connectivity index (χ4v) is 3.53. The minimum absolute atomic E-state index is 0.649. The van der Waals surface area contributed by atoms with Gasteiger partial charge in [-0.05, 0) is 62.3 Å². The van der Waals surface area contributed by atoms with E-state index in [9.17, 15) is 0 Å². The Hall–Kier alpha value is -0.730. The standard InChI is InChI=1S/C17H27ClN2/c1-3-13-4-7-15(8-5-13)20(2)16-9-6-14(10-11-19)17(18)12-16/h6,9,12-13,15H,3-5,7-8,10-11,19H2,1-2H3. The van der Waals surface area contributed by atoms with Gasteiger partial charge in [-0.2, -0.15) is 0 Å². The first kappa shape index (κ1) is 15.7. The molecule has 2 N–H and O–H groups in total. The second-order valence-corrected chi connectivity index (χ2v) is 6.42. The van der Waals surface area contributed by atoms with Crippen molar-refractivity contribution in [1.82, 2.24) is 0 Å². The molecule has 0 atom stereocenters. The van der Waals surface area contributed by atoms with E-state index in [1.165, 1.54) is 37.8 Å². The van der Waals surface area contributed by atoms with E-state index in [-0.39, 0.29) is 0 Å². The van der Waals surface area contributed by atoms with Crippen molar-refractivity contribution < 1.29 is 0 Å². The highest BCUT2D eigenvalue weighted by Crippen LogP contribution is 2.32. The number of hydrogen-bond donors (Lipinski definition) is 1. The summed E-state index contributed by atoms with van der Waals surface area (Å²) < 4.78 is 0. The minimum atomic E-state index is 0.649. The molecule has 112 valence electrons. The van der Waals surface area contributed by atoms with Crippen molar-refractivity contribution in [2.24, 2.45) is 11.7 Å². The molecule has 1 aromatic carbocycles. The van der Waals surface area contributed by atoms with Gasteiger partial charge in [0.1, 0.15) is 0 Å². The van der Waals surface area contributed by atoms with Crippen molar-refractivity contribution in [3.8, 4) is 0 Å². The first-order valence-corrected chi connectivity index (χ1v) is 8.24. The lowest BCUT2D eigenvalue weighted by atomic mass is 9.84. The van der Waals surface area contributed by atoms with Crippen LogP contribution in [0.1, 0.15) is 44.6 Å². The van der Waals surface area contributed by atoms with Crippen LogP contribution in [0.3, 0.4) is 0 Å². The Morgan fingerprint density at radius 2 is 1.95 bits per heavy atom. The van der Waals surface area contributed by atoms with Gasteiger partial charge in [0, 0.05) is 23.8 Å². The SMILES string of the molecule is CCC1CCC(N(C)c2ccc(CCN)c(Cl)c2)CC1. The van der Waals surface area contributed by atoms with Gasteiger partial charge in [0.2, 0.25) is 0 Å². The second kappa shape index (κ2) is 7.33. The lowest BCUT2D eigenvalue weighted by molar-refractivity contribution is 0.313. The van der Waals surface area contributed by atoms with Gasteiger partial charge in [-0.1, -0.05) is 31.0 Å². The number of hydrogen-bond acceptors (Lipinski definition) is 2. The predicted molar refractivity (Wildman–Crippen MR) is 88.7 cm³/mol. The lowest BCUT2D eigenvalue weighted by Gasteiger charge is -2.36. The minimum Gasteiger partial charge on any atom is -0.372 e. The second-order valence-electron chi connectivity index (χ2n) is 6.01. The van der Waals surface area contributed by atoms with Crippen LogP contribution in [0.25, 0.3) is 0 Å². The van der Waals surface area contributed by atoms with E-state index in [1.54, 1.807) is 0 Å². The highest BCUT2D eigenvalue weighted by Gasteiger charge is 2.23. The monoisotopic (exact) mass is 294 g/mol. The van der Waals surface area contributed by atoms with Gasteiger partial charge in [0.05, 0.1) is 0 Å². The van der Waals surface area contributed by atoms with Gasteiger partial charge in [0.25, 0.3) is 0 Å². The molecule has 0 aromatic heterocycles. The molecule has 3 heteroatoms. The van der Waals surface area contributed by atoms with E-state index in [1.807, 2.05) is 0 Å². The van der Waals surface area contributed by atoms with E-state index < -0.39 is 0 Å². The van der Waals surface area contributed by atoms with Gasteiger partial charge < -0.3 is 10.6 Å². The largest absolute Gasteiger partial charge is 0.372 e. The summed E-state index contributed by atoms with van der Waals surface area (Å²) in [6.45, 7) is 2.96. The molecule has 2 rings (SSSR count). The molecule has 1 aliphatic carbocycles. The molecule has 0 heterocycles. The molecule has 0 bridgehead atoms. The maximum Gasteiger partial charge on any atom is 0.0459 e. The van der Waals surface area contributed by atoms with Gasteiger partial charge in [-0.25, -0.2) is 0 Å². The van der Waals surface area contributed by atoms with Crippen molar-refractivity contribution >= 4 is 17.3 Å². The zero-order valence-corrected chi connectivity index (χ0v) is 13.5. The topological polar surface area (TPSA) is 29.3 Å². The molecular weight excluding hydrogens is 268 g/mol. The fourth-order valence-electron chi connectivity index (χ4n) is 3.27. The van der Waals surface area contributed by atoms with Crippen LogP contribution in [-0.4, -0.2) is 19.6 Å². The summed E-state index contributed by atoms with van der Waals surface area (Å²) in [6.07, 6.45) is 7.52. The van der Waals surface area contributed by atoms with Crippen LogP contribution < -0.4 is 10.6 Å². The Morgan fingerprint density at radius 3 is 2.50 bits per heavy atom. The maximum absolute atomic E-state index is 6.35. The van der Waals surface area contributed by atoms with Crippen LogP contribution in [-0.2, 0) is 6.42 Å². The van der Waals surface area contributed by atoms with Crippen LogP contribution in [0.2, 0.25) is 5.02 Å². The Bertz CT molecular complexity index is 425. The molecule has 0 unspecified atom stereocenters. The fraction of sp³-hybridized carbons (Fsp3) is 0.647. The number of nitrogens with two attached hydrogens (primary N) is 1. The van der Waals surface area contributed by atoms with Crippen LogP contribution in [0, 0.1) is 5.92 Å². The van der Waals surface area contributed by atoms with E-state index >= 15 is 0 Å². The average molecular weight is 295 g/mol. The van der Waals surface area contributed by atoms with Crippen molar-refractivity contribution in [2.75, 3.05) is 18.5 Å². The number of benzene rings is 1. The molecule has 1 saturated carbocycles. The highest BCUT2D eigenvalue weighted by molar-refractivity contribution is 6.31. The van der Waals surface area contributed by atoms with Crippen molar-refractivity contribution in [3.05, 3.63) is 28.8 Å². The molecule has 20 heavy (non-hydrogen) atoms. The first-order chi connectivity index (χ1) is 9.65. The third-order valence-corrected chi connectivity index (χ3v) is 5.15. The zero-order valence-electron chi connectivity index (χ0n) is 12.7. The summed E-state index contributed by atoms with van der Waals surface area (Å²) in [5.41, 5.74) is 7.99. The van der Waals surface area contributed by atoms with Crippen LogP contribution in [0.5, 0.6) is 0 Å². The summed E-state index contributed by atoms with van der Waals surface area (Å²) in [7, 11) is 2.20. The first-order valence-electron chi connectivity index (χ1n) is 7.87. The summed E-state index contributed by atoms with van der Waals surface area (Å²) in [6, 6.07) is 7.06. The molecule has 0 amide bonds. The van der Waals surface area contributed by atoms with Crippen molar-refractivity contribution in [2.45, 2.75) is 51.5 Å². The van der Waals surface area contributed by atoms with Gasteiger partial charge in [-0.3, -0.25) is 0 Å². The van der Waals surface area contributed by atoms with Gasteiger partial charge in [-0.15, -0.1) is 0 Å². The molecule has 0 spiro atoms. The van der Waals surface area contributed by atoms with Crippen LogP contribution >= 0.6 is 11.6 Å². The average Bonchev–Trinajstić information content (AvgIpc) is 2.49. The number of nitrogens with zero attached hydrogens (tertiary/aromatic N) is 1. The van der Waals surface area contributed by atoms with Crippen molar-refractivity contribution in [3.63, 3.8) is 0 Å². The van der Waals surface area contributed by atoms with E-state index in [4.69, 9.17) is 17.3 Å². The third kappa shape index (κ3) is 3.67. The highest BCUT2D eigenvalue weighted by atomic mass is 35.5.